The summed E-state index contributed by atoms with van der Waals surface area (Å²) < 4.78 is 32.1. The van der Waals surface area contributed by atoms with Gasteiger partial charge in [-0.3, -0.25) is 0 Å². The molecule has 1 aliphatic rings. The van der Waals surface area contributed by atoms with Crippen LogP contribution >= 0.6 is 11.3 Å². The van der Waals surface area contributed by atoms with E-state index in [-0.39, 0.29) is 10.9 Å². The Morgan fingerprint density at radius 1 is 1.12 bits per heavy atom. The van der Waals surface area contributed by atoms with Crippen LogP contribution in [0, 0.1) is 6.92 Å². The molecule has 4 aromatic rings. The first-order valence-corrected chi connectivity index (χ1v) is 12.9. The van der Waals surface area contributed by atoms with E-state index in [1.807, 2.05) is 29.8 Å². The number of nitrogens with two attached hydrogens (primary N) is 1. The van der Waals surface area contributed by atoms with Gasteiger partial charge in [0.1, 0.15) is 11.6 Å². The zero-order valence-corrected chi connectivity index (χ0v) is 20.1. The van der Waals surface area contributed by atoms with Crippen molar-refractivity contribution in [3.63, 3.8) is 0 Å². The number of aryl methyl sites for hydroxylation is 1. The van der Waals surface area contributed by atoms with Crippen LogP contribution < -0.4 is 9.88 Å². The van der Waals surface area contributed by atoms with Gasteiger partial charge in [0.2, 0.25) is 10.0 Å². The lowest BCUT2D eigenvalue weighted by Gasteiger charge is -2.12. The average Bonchev–Trinajstić information content (AvgIpc) is 3.32. The number of thiazole rings is 1. The molecule has 5 rings (SSSR count). The molecule has 0 aliphatic carbocycles. The summed E-state index contributed by atoms with van der Waals surface area (Å²) in [5, 5.41) is 10.8. The monoisotopic (exact) mass is 481 g/mol. The first-order chi connectivity index (χ1) is 15.7. The molecule has 0 unspecified atom stereocenters. The van der Waals surface area contributed by atoms with E-state index in [1.165, 1.54) is 6.07 Å². The largest absolute Gasteiger partial charge is 0.492 e. The smallest absolute Gasteiger partial charge is 0.238 e. The Morgan fingerprint density at radius 3 is 2.67 bits per heavy atom. The summed E-state index contributed by atoms with van der Waals surface area (Å²) in [7, 11) is -3.86. The Labute approximate surface area is 196 Å². The molecule has 0 saturated carbocycles. The van der Waals surface area contributed by atoms with Crippen molar-refractivity contribution in [3.8, 4) is 39.0 Å². The summed E-state index contributed by atoms with van der Waals surface area (Å²) in [6.45, 7) is 6.52. The number of rotatable bonds is 4. The molecule has 8 nitrogen and oxygen atoms in total. The Balaban J connectivity index is 1.62. The van der Waals surface area contributed by atoms with Crippen molar-refractivity contribution in [2.24, 2.45) is 5.14 Å². The van der Waals surface area contributed by atoms with Gasteiger partial charge in [-0.25, -0.2) is 28.2 Å². The Kier molecular flexibility index (Phi) is 5.31. The standard InChI is InChI=1S/C23H23N5O3S2/c1-13(2)28-22(25-14(3)27-28)23-26-21-17-9-8-15(12-18(17)31-11-10-19(21)32-23)16-6-4-5-7-20(16)33(24,29)30/h4-9,12-13H,10-11H2,1-3H3,(H2,24,29,30). The zero-order valence-electron chi connectivity index (χ0n) is 18.4. The van der Waals surface area contributed by atoms with Crippen molar-refractivity contribution in [1.82, 2.24) is 19.7 Å². The number of fused-ring (bicyclic) bond motifs is 3. The summed E-state index contributed by atoms with van der Waals surface area (Å²) in [6.07, 6.45) is 0.722. The quantitative estimate of drug-likeness (QED) is 0.467. The van der Waals surface area contributed by atoms with Gasteiger partial charge in [0.15, 0.2) is 10.8 Å². The molecule has 10 heteroatoms. The third-order valence-corrected chi connectivity index (χ3v) is 7.52. The number of nitrogens with zero attached hydrogens (tertiary/aromatic N) is 4. The van der Waals surface area contributed by atoms with Crippen LogP contribution in [0.4, 0.5) is 0 Å². The second-order valence-electron chi connectivity index (χ2n) is 8.16. The van der Waals surface area contributed by atoms with Crippen LogP contribution in [-0.2, 0) is 16.4 Å². The molecular formula is C23H23N5O3S2. The molecule has 0 bridgehead atoms. The topological polar surface area (TPSA) is 113 Å². The fourth-order valence-electron chi connectivity index (χ4n) is 3.98. The Bertz CT molecular complexity index is 1470. The zero-order chi connectivity index (χ0) is 23.3. The molecule has 2 aromatic carbocycles. The number of hydrogen-bond donors (Lipinski definition) is 1. The van der Waals surface area contributed by atoms with Crippen molar-refractivity contribution in [3.05, 3.63) is 53.2 Å². The van der Waals surface area contributed by atoms with E-state index in [4.69, 9.17) is 14.9 Å². The number of sulfonamides is 1. The minimum absolute atomic E-state index is 0.0820. The molecule has 2 aromatic heterocycles. The van der Waals surface area contributed by atoms with Gasteiger partial charge in [-0.1, -0.05) is 24.3 Å². The first-order valence-electron chi connectivity index (χ1n) is 10.5. The fourth-order valence-corrected chi connectivity index (χ4v) is 5.77. The van der Waals surface area contributed by atoms with Crippen LogP contribution in [0.15, 0.2) is 47.4 Å². The summed E-state index contributed by atoms with van der Waals surface area (Å²) >= 11 is 1.61. The highest BCUT2D eigenvalue weighted by atomic mass is 32.2. The van der Waals surface area contributed by atoms with Gasteiger partial charge < -0.3 is 4.74 Å². The van der Waals surface area contributed by atoms with Crippen LogP contribution in [0.25, 0.3) is 33.2 Å². The van der Waals surface area contributed by atoms with Gasteiger partial charge in [0.05, 0.1) is 17.2 Å². The predicted molar refractivity (Wildman–Crippen MR) is 128 cm³/mol. The SMILES string of the molecule is Cc1nc(-c2nc3c(s2)CCOc2cc(-c4ccccc4S(N)(=O)=O)ccc2-3)n(C(C)C)n1. The van der Waals surface area contributed by atoms with Crippen molar-refractivity contribution >= 4 is 21.4 Å². The molecule has 33 heavy (non-hydrogen) atoms. The molecule has 0 fully saturated rings. The van der Waals surface area contributed by atoms with Gasteiger partial charge in [-0.15, -0.1) is 11.3 Å². The lowest BCUT2D eigenvalue weighted by Crippen LogP contribution is -2.13. The lowest BCUT2D eigenvalue weighted by atomic mass is 10.0. The van der Waals surface area contributed by atoms with E-state index in [0.29, 0.717) is 29.3 Å². The van der Waals surface area contributed by atoms with Crippen LogP contribution in [0.3, 0.4) is 0 Å². The van der Waals surface area contributed by atoms with E-state index in [0.717, 1.165) is 33.4 Å². The van der Waals surface area contributed by atoms with E-state index < -0.39 is 10.0 Å². The third kappa shape index (κ3) is 3.94. The summed E-state index contributed by atoms with van der Waals surface area (Å²) in [6, 6.07) is 12.5. The van der Waals surface area contributed by atoms with Gasteiger partial charge >= 0.3 is 0 Å². The molecule has 170 valence electrons. The minimum Gasteiger partial charge on any atom is -0.492 e. The summed E-state index contributed by atoms with van der Waals surface area (Å²) in [4.78, 5) is 10.8. The molecule has 0 radical (unpaired) electrons. The van der Waals surface area contributed by atoms with Crippen LogP contribution in [-0.4, -0.2) is 34.8 Å². The first kappa shape index (κ1) is 21.7. The number of benzene rings is 2. The van der Waals surface area contributed by atoms with E-state index in [2.05, 4.69) is 23.9 Å². The number of ether oxygens (including phenoxy) is 1. The number of primary sulfonamides is 1. The van der Waals surface area contributed by atoms with Crippen LogP contribution in [0.5, 0.6) is 5.75 Å². The summed E-state index contributed by atoms with van der Waals surface area (Å²) in [5.41, 5.74) is 2.99. The lowest BCUT2D eigenvalue weighted by molar-refractivity contribution is 0.327. The van der Waals surface area contributed by atoms with Crippen molar-refractivity contribution in [2.75, 3.05) is 6.61 Å². The predicted octanol–water partition coefficient (Wildman–Crippen LogP) is 4.21. The molecule has 0 spiro atoms. The minimum atomic E-state index is -3.86. The Hall–Kier alpha value is -3.08. The molecular weight excluding hydrogens is 458 g/mol. The molecule has 2 N–H and O–H groups in total. The normalized spacial score (nSPS) is 13.4. The highest BCUT2D eigenvalue weighted by molar-refractivity contribution is 7.89. The molecule has 3 heterocycles. The molecule has 0 amide bonds. The highest BCUT2D eigenvalue weighted by Gasteiger charge is 2.25. The third-order valence-electron chi connectivity index (χ3n) is 5.44. The van der Waals surface area contributed by atoms with E-state index in [9.17, 15) is 8.42 Å². The van der Waals surface area contributed by atoms with Gasteiger partial charge in [0.25, 0.3) is 0 Å². The maximum absolute atomic E-state index is 12.1. The number of hydrogen-bond acceptors (Lipinski definition) is 7. The Morgan fingerprint density at radius 2 is 1.91 bits per heavy atom. The van der Waals surface area contributed by atoms with E-state index >= 15 is 0 Å². The van der Waals surface area contributed by atoms with Crippen LogP contribution in [0.1, 0.15) is 30.6 Å². The molecule has 0 atom stereocenters. The number of aromatic nitrogens is 4. The fraction of sp³-hybridized carbons (Fsp3) is 0.261. The second kappa shape index (κ2) is 8.05. The van der Waals surface area contributed by atoms with Gasteiger partial charge in [-0.05, 0) is 44.5 Å². The van der Waals surface area contributed by atoms with Gasteiger partial charge in [-0.2, -0.15) is 5.10 Å². The maximum atomic E-state index is 12.1. The maximum Gasteiger partial charge on any atom is 0.238 e. The van der Waals surface area contributed by atoms with Crippen molar-refractivity contribution < 1.29 is 13.2 Å². The average molecular weight is 482 g/mol. The van der Waals surface area contributed by atoms with Gasteiger partial charge in [0, 0.05) is 28.5 Å². The summed E-state index contributed by atoms with van der Waals surface area (Å²) in [5.74, 6) is 2.14. The van der Waals surface area contributed by atoms with Crippen molar-refractivity contribution in [1.29, 1.82) is 0 Å². The van der Waals surface area contributed by atoms with E-state index in [1.54, 1.807) is 29.5 Å². The highest BCUT2D eigenvalue weighted by Crippen LogP contribution is 2.42. The second-order valence-corrected chi connectivity index (χ2v) is 10.8. The molecule has 0 saturated heterocycles. The molecule has 1 aliphatic heterocycles. The van der Waals surface area contributed by atoms with Crippen LogP contribution in [0.2, 0.25) is 0 Å². The van der Waals surface area contributed by atoms with Crippen molar-refractivity contribution in [2.45, 2.75) is 38.1 Å².